The van der Waals surface area contributed by atoms with Crippen molar-refractivity contribution in [3.63, 3.8) is 0 Å². The Balaban J connectivity index is 1.84. The first-order valence-electron chi connectivity index (χ1n) is 8.06. The number of hydrogen-bond donors (Lipinski definition) is 1. The molecule has 0 aromatic heterocycles. The number of nitrogens with one attached hydrogen (secondary N) is 1. The van der Waals surface area contributed by atoms with E-state index < -0.39 is 9.84 Å². The summed E-state index contributed by atoms with van der Waals surface area (Å²) < 4.78 is 36.6. The predicted molar refractivity (Wildman–Crippen MR) is 95.9 cm³/mol. The third-order valence-corrected chi connectivity index (χ3v) is 5.70. The Kier molecular flexibility index (Phi) is 5.26. The Bertz CT molecular complexity index is 965. The van der Waals surface area contributed by atoms with Crippen molar-refractivity contribution < 1.29 is 17.9 Å². The average molecular weight is 370 g/mol. The van der Waals surface area contributed by atoms with E-state index in [1.54, 1.807) is 12.1 Å². The molecule has 3 rings (SSSR count). The summed E-state index contributed by atoms with van der Waals surface area (Å²) in [5.74, 6) is 0.640. The van der Waals surface area contributed by atoms with Crippen LogP contribution in [0.1, 0.15) is 12.0 Å². The second kappa shape index (κ2) is 7.60. The summed E-state index contributed by atoms with van der Waals surface area (Å²) in [6, 6.07) is 7.88. The Morgan fingerprint density at radius 1 is 1.31 bits per heavy atom. The Labute approximate surface area is 152 Å². The summed E-state index contributed by atoms with van der Waals surface area (Å²) in [5.41, 5.74) is 0.907. The third kappa shape index (κ3) is 3.57. The first kappa shape index (κ1) is 18.0. The van der Waals surface area contributed by atoms with Crippen LogP contribution in [0.5, 0.6) is 0 Å². The number of nitrogens with zero attached hydrogens (tertiary/aromatic N) is 1. The van der Waals surface area contributed by atoms with Crippen molar-refractivity contribution in [1.29, 1.82) is 5.26 Å². The SMILES string of the molecule is CNCC1C=CC=C(C2=COC=C(S(=O)(=O)c3ccccc3C#N)O2)C1. The van der Waals surface area contributed by atoms with E-state index in [9.17, 15) is 13.7 Å². The van der Waals surface area contributed by atoms with E-state index in [-0.39, 0.29) is 21.5 Å². The van der Waals surface area contributed by atoms with Crippen molar-refractivity contribution in [1.82, 2.24) is 5.32 Å². The maximum Gasteiger partial charge on any atom is 0.258 e. The van der Waals surface area contributed by atoms with Gasteiger partial charge in [0.2, 0.25) is 9.84 Å². The highest BCUT2D eigenvalue weighted by Gasteiger charge is 2.30. The third-order valence-electron chi connectivity index (χ3n) is 4.06. The van der Waals surface area contributed by atoms with Crippen LogP contribution >= 0.6 is 0 Å². The maximum atomic E-state index is 12.9. The molecule has 0 amide bonds. The number of benzene rings is 1. The summed E-state index contributed by atoms with van der Waals surface area (Å²) in [5, 5.41) is 12.0. The molecule has 0 fully saturated rings. The fourth-order valence-corrected chi connectivity index (χ4v) is 4.06. The van der Waals surface area contributed by atoms with E-state index in [2.05, 4.69) is 11.4 Å². The van der Waals surface area contributed by atoms with Gasteiger partial charge in [0.15, 0.2) is 5.76 Å². The lowest BCUT2D eigenvalue weighted by atomic mass is 9.93. The van der Waals surface area contributed by atoms with Crippen molar-refractivity contribution >= 4 is 9.84 Å². The van der Waals surface area contributed by atoms with E-state index in [0.717, 1.165) is 18.4 Å². The van der Waals surface area contributed by atoms with Gasteiger partial charge in [0.1, 0.15) is 18.6 Å². The molecule has 1 aliphatic carbocycles. The Hall–Kier alpha value is -2.82. The molecule has 1 unspecified atom stereocenters. The molecular formula is C19H18N2O4S. The highest BCUT2D eigenvalue weighted by molar-refractivity contribution is 7.95. The van der Waals surface area contributed by atoms with Gasteiger partial charge in [-0.3, -0.25) is 0 Å². The van der Waals surface area contributed by atoms with Crippen LogP contribution in [0, 0.1) is 17.2 Å². The van der Waals surface area contributed by atoms with Gasteiger partial charge in [0, 0.05) is 6.54 Å². The van der Waals surface area contributed by atoms with Crippen molar-refractivity contribution in [2.45, 2.75) is 11.3 Å². The van der Waals surface area contributed by atoms with Crippen molar-refractivity contribution in [2.24, 2.45) is 5.92 Å². The van der Waals surface area contributed by atoms with E-state index in [4.69, 9.17) is 9.47 Å². The zero-order chi connectivity index (χ0) is 18.6. The second-order valence-electron chi connectivity index (χ2n) is 5.87. The first-order valence-corrected chi connectivity index (χ1v) is 9.54. The van der Waals surface area contributed by atoms with Gasteiger partial charge >= 0.3 is 0 Å². The predicted octanol–water partition coefficient (Wildman–Crippen LogP) is 2.74. The maximum absolute atomic E-state index is 12.9. The van der Waals surface area contributed by atoms with Crippen LogP contribution in [0.4, 0.5) is 0 Å². The standard InChI is InChI=1S/C19H18N2O4S/c1-21-11-14-5-4-7-15(9-14)17-12-24-13-19(25-17)26(22,23)18-8-3-2-6-16(18)10-20/h2-8,12-14,21H,9,11H2,1H3. The summed E-state index contributed by atoms with van der Waals surface area (Å²) in [6.07, 6.45) is 9.01. The minimum atomic E-state index is -4.01. The topological polar surface area (TPSA) is 88.4 Å². The zero-order valence-corrected chi connectivity index (χ0v) is 15.0. The molecule has 1 aromatic carbocycles. The van der Waals surface area contributed by atoms with Gasteiger partial charge in [-0.15, -0.1) is 0 Å². The van der Waals surface area contributed by atoms with Crippen LogP contribution < -0.4 is 5.32 Å². The van der Waals surface area contributed by atoms with Crippen molar-refractivity contribution in [3.8, 4) is 6.07 Å². The highest BCUT2D eigenvalue weighted by atomic mass is 32.2. The molecule has 0 radical (unpaired) electrons. The number of rotatable bonds is 5. The average Bonchev–Trinajstić information content (AvgIpc) is 2.68. The molecule has 1 atom stereocenters. The lowest BCUT2D eigenvalue weighted by Gasteiger charge is -2.22. The number of allylic oxidation sites excluding steroid dienone is 3. The molecule has 1 heterocycles. The molecule has 2 aliphatic rings. The summed E-state index contributed by atoms with van der Waals surface area (Å²) in [6.45, 7) is 0.804. The smallest absolute Gasteiger partial charge is 0.258 e. The second-order valence-corrected chi connectivity index (χ2v) is 7.72. The van der Waals surface area contributed by atoms with Gasteiger partial charge in [-0.05, 0) is 37.1 Å². The van der Waals surface area contributed by atoms with E-state index in [1.807, 2.05) is 25.3 Å². The van der Waals surface area contributed by atoms with E-state index >= 15 is 0 Å². The van der Waals surface area contributed by atoms with Crippen LogP contribution in [-0.4, -0.2) is 22.0 Å². The molecule has 0 spiro atoms. The van der Waals surface area contributed by atoms with Gasteiger partial charge in [0.05, 0.1) is 10.5 Å². The van der Waals surface area contributed by atoms with Gasteiger partial charge in [-0.1, -0.05) is 30.4 Å². The van der Waals surface area contributed by atoms with Crippen LogP contribution in [0.25, 0.3) is 0 Å². The highest BCUT2D eigenvalue weighted by Crippen LogP contribution is 2.32. The minimum Gasteiger partial charge on any atom is -0.464 e. The fraction of sp³-hybridized carbons (Fsp3) is 0.211. The Morgan fingerprint density at radius 3 is 2.88 bits per heavy atom. The molecule has 0 saturated carbocycles. The van der Waals surface area contributed by atoms with Gasteiger partial charge in [0.25, 0.3) is 5.09 Å². The number of sulfone groups is 1. The lowest BCUT2D eigenvalue weighted by molar-refractivity contribution is 0.247. The van der Waals surface area contributed by atoms with Crippen LogP contribution in [0.3, 0.4) is 0 Å². The summed E-state index contributed by atoms with van der Waals surface area (Å²) in [7, 11) is -2.13. The van der Waals surface area contributed by atoms with E-state index in [1.165, 1.54) is 18.4 Å². The fourth-order valence-electron chi connectivity index (χ4n) is 2.80. The normalized spacial score (nSPS) is 19.4. The molecule has 0 bridgehead atoms. The molecule has 7 heteroatoms. The van der Waals surface area contributed by atoms with Gasteiger partial charge in [-0.2, -0.15) is 5.26 Å². The molecule has 134 valence electrons. The lowest BCUT2D eigenvalue weighted by Crippen LogP contribution is -2.20. The molecule has 1 aromatic rings. The van der Waals surface area contributed by atoms with Crippen molar-refractivity contribution in [3.05, 3.63) is 77.0 Å². The summed E-state index contributed by atoms with van der Waals surface area (Å²) >= 11 is 0. The van der Waals surface area contributed by atoms with E-state index in [0.29, 0.717) is 12.2 Å². The molecular weight excluding hydrogens is 352 g/mol. The molecule has 0 saturated heterocycles. The summed E-state index contributed by atoms with van der Waals surface area (Å²) in [4.78, 5) is -0.107. The molecule has 26 heavy (non-hydrogen) atoms. The number of nitriles is 1. The minimum absolute atomic E-state index is 0.0574. The monoisotopic (exact) mass is 370 g/mol. The molecule has 1 N–H and O–H groups in total. The molecule has 1 aliphatic heterocycles. The Morgan fingerprint density at radius 2 is 2.12 bits per heavy atom. The quantitative estimate of drug-likeness (QED) is 0.857. The molecule has 6 nitrogen and oxygen atoms in total. The largest absolute Gasteiger partial charge is 0.464 e. The van der Waals surface area contributed by atoms with Crippen LogP contribution in [0.2, 0.25) is 0 Å². The van der Waals surface area contributed by atoms with Crippen molar-refractivity contribution in [2.75, 3.05) is 13.6 Å². The van der Waals surface area contributed by atoms with Crippen LogP contribution in [-0.2, 0) is 19.3 Å². The zero-order valence-electron chi connectivity index (χ0n) is 14.2. The number of hydrogen-bond acceptors (Lipinski definition) is 6. The van der Waals surface area contributed by atoms with Gasteiger partial charge < -0.3 is 14.8 Å². The first-order chi connectivity index (χ1) is 12.6. The van der Waals surface area contributed by atoms with Crippen LogP contribution in [0.15, 0.2) is 76.3 Å². The number of ether oxygens (including phenoxy) is 2. The van der Waals surface area contributed by atoms with Gasteiger partial charge in [-0.25, -0.2) is 8.42 Å².